The Morgan fingerprint density at radius 3 is 2.64 bits per heavy atom. The molecule has 0 radical (unpaired) electrons. The van der Waals surface area contributed by atoms with Crippen molar-refractivity contribution in [2.75, 3.05) is 26.3 Å². The molecule has 1 aromatic rings. The summed E-state index contributed by atoms with van der Waals surface area (Å²) in [6.07, 6.45) is 2.00. The zero-order chi connectivity index (χ0) is 17.6. The molecule has 25 heavy (non-hydrogen) atoms. The van der Waals surface area contributed by atoms with Gasteiger partial charge in [-0.1, -0.05) is 0 Å². The summed E-state index contributed by atoms with van der Waals surface area (Å²) in [4.78, 5) is 30.5. The average Bonchev–Trinajstić information content (AvgIpc) is 3.34. The third-order valence-corrected chi connectivity index (χ3v) is 6.53. The number of amides is 3. The van der Waals surface area contributed by atoms with Crippen LogP contribution in [0.1, 0.15) is 30.7 Å². The van der Waals surface area contributed by atoms with Crippen LogP contribution in [0.4, 0.5) is 4.79 Å². The average molecular weight is 426 g/mol. The molecule has 3 heterocycles. The number of carbonyl (C=O) groups is 2. The molecule has 1 saturated heterocycles. The van der Waals surface area contributed by atoms with E-state index in [1.54, 1.807) is 16.2 Å². The zero-order valence-electron chi connectivity index (χ0n) is 14.0. The summed E-state index contributed by atoms with van der Waals surface area (Å²) in [5, 5.41) is 3.06. The van der Waals surface area contributed by atoms with Crippen LogP contribution in [0.2, 0.25) is 0 Å². The van der Waals surface area contributed by atoms with Crippen LogP contribution in [0.5, 0.6) is 0 Å². The van der Waals surface area contributed by atoms with Gasteiger partial charge >= 0.3 is 6.03 Å². The zero-order valence-corrected chi connectivity index (χ0v) is 16.4. The lowest BCUT2D eigenvalue weighted by Gasteiger charge is -2.38. The smallest absolute Gasteiger partial charge is 0.322 e. The Balaban J connectivity index is 1.74. The van der Waals surface area contributed by atoms with E-state index in [0.29, 0.717) is 31.9 Å². The Kier molecular flexibility index (Phi) is 4.59. The molecule has 134 valence electrons. The number of carbonyl (C=O) groups excluding carboxylic acids is 2. The fourth-order valence-electron chi connectivity index (χ4n) is 3.44. The molecule has 3 amide bonds. The number of allylic oxidation sites excluding steroid dienone is 1. The first-order chi connectivity index (χ1) is 12.1. The van der Waals surface area contributed by atoms with Crippen LogP contribution in [0.25, 0.3) is 0 Å². The summed E-state index contributed by atoms with van der Waals surface area (Å²) in [5.74, 6) is 0.000900. The highest BCUT2D eigenvalue weighted by molar-refractivity contribution is 9.11. The van der Waals surface area contributed by atoms with Gasteiger partial charge in [0.2, 0.25) is 0 Å². The van der Waals surface area contributed by atoms with Crippen molar-refractivity contribution in [3.05, 3.63) is 32.1 Å². The van der Waals surface area contributed by atoms with Gasteiger partial charge in [-0.15, -0.1) is 11.3 Å². The van der Waals surface area contributed by atoms with E-state index in [2.05, 4.69) is 21.2 Å². The van der Waals surface area contributed by atoms with Gasteiger partial charge in [0.05, 0.1) is 28.6 Å². The van der Waals surface area contributed by atoms with Crippen molar-refractivity contribution in [1.82, 2.24) is 15.1 Å². The number of ether oxygens (including phenoxy) is 1. The van der Waals surface area contributed by atoms with Gasteiger partial charge in [0.25, 0.3) is 5.91 Å². The molecule has 0 bridgehead atoms. The molecule has 4 rings (SSSR count). The van der Waals surface area contributed by atoms with Crippen LogP contribution in [0.3, 0.4) is 0 Å². The fraction of sp³-hybridized carbons (Fsp3) is 0.529. The van der Waals surface area contributed by atoms with Crippen LogP contribution in [0.15, 0.2) is 27.2 Å². The van der Waals surface area contributed by atoms with Crippen molar-refractivity contribution in [3.63, 3.8) is 0 Å². The number of thiophene rings is 1. The third kappa shape index (κ3) is 3.22. The second-order valence-corrected chi connectivity index (χ2v) is 9.02. The number of hydrogen-bond donors (Lipinski definition) is 1. The minimum atomic E-state index is -0.394. The van der Waals surface area contributed by atoms with Crippen LogP contribution >= 0.6 is 27.3 Å². The monoisotopic (exact) mass is 425 g/mol. The molecule has 1 N–H and O–H groups in total. The molecule has 3 aliphatic rings. The number of urea groups is 1. The van der Waals surface area contributed by atoms with Gasteiger partial charge in [0.1, 0.15) is 0 Å². The van der Waals surface area contributed by atoms with E-state index in [-0.39, 0.29) is 18.0 Å². The Morgan fingerprint density at radius 1 is 1.32 bits per heavy atom. The number of morpholine rings is 1. The van der Waals surface area contributed by atoms with Crippen molar-refractivity contribution in [2.24, 2.45) is 0 Å². The van der Waals surface area contributed by atoms with E-state index in [9.17, 15) is 9.59 Å². The second-order valence-electron chi connectivity index (χ2n) is 6.53. The Bertz CT molecular complexity index is 737. The number of nitrogens with zero attached hydrogens (tertiary/aromatic N) is 2. The van der Waals surface area contributed by atoms with Gasteiger partial charge in [-0.3, -0.25) is 9.69 Å². The Hall–Kier alpha value is -1.38. The van der Waals surface area contributed by atoms with E-state index in [1.165, 1.54) is 0 Å². The normalized spacial score (nSPS) is 24.6. The summed E-state index contributed by atoms with van der Waals surface area (Å²) < 4.78 is 6.35. The van der Waals surface area contributed by atoms with Crippen molar-refractivity contribution in [1.29, 1.82) is 0 Å². The van der Waals surface area contributed by atoms with Crippen molar-refractivity contribution in [2.45, 2.75) is 31.8 Å². The fourth-order valence-corrected chi connectivity index (χ4v) is 4.93. The van der Waals surface area contributed by atoms with Gasteiger partial charge in [-0.25, -0.2) is 4.79 Å². The van der Waals surface area contributed by atoms with E-state index >= 15 is 0 Å². The molecule has 0 aromatic carbocycles. The SMILES string of the molecule is CC1=C(C(=O)N2CCOCC2)[C@H](c2ccc(Br)s2)NC(=O)N1C1CC1. The molecule has 6 nitrogen and oxygen atoms in total. The molecule has 2 fully saturated rings. The first kappa shape index (κ1) is 17.1. The Labute approximate surface area is 158 Å². The lowest BCUT2D eigenvalue weighted by Crippen LogP contribution is -2.51. The third-order valence-electron chi connectivity index (χ3n) is 4.85. The summed E-state index contributed by atoms with van der Waals surface area (Å²) in [6, 6.07) is 3.64. The van der Waals surface area contributed by atoms with Crippen molar-refractivity contribution in [3.8, 4) is 0 Å². The Morgan fingerprint density at radius 2 is 2.04 bits per heavy atom. The maximum absolute atomic E-state index is 13.3. The van der Waals surface area contributed by atoms with E-state index in [0.717, 1.165) is 27.2 Å². The summed E-state index contributed by atoms with van der Waals surface area (Å²) in [6.45, 7) is 4.21. The highest BCUT2D eigenvalue weighted by Gasteiger charge is 2.43. The molecular formula is C17H20BrN3O3S. The van der Waals surface area contributed by atoms with Crippen molar-refractivity contribution < 1.29 is 14.3 Å². The van der Waals surface area contributed by atoms with Gasteiger partial charge in [-0.05, 0) is 47.8 Å². The van der Waals surface area contributed by atoms with Crippen LogP contribution in [-0.2, 0) is 9.53 Å². The first-order valence-electron chi connectivity index (χ1n) is 8.49. The number of rotatable bonds is 3. The highest BCUT2D eigenvalue weighted by Crippen LogP contribution is 2.40. The molecule has 1 aromatic heterocycles. The highest BCUT2D eigenvalue weighted by atomic mass is 79.9. The lowest BCUT2D eigenvalue weighted by atomic mass is 9.98. The van der Waals surface area contributed by atoms with E-state index < -0.39 is 6.04 Å². The minimum absolute atomic E-state index is 0.000900. The standard InChI is InChI=1S/C17H20BrN3O3S/c1-10-14(16(22)20-6-8-24-9-7-20)15(12-4-5-13(18)25-12)19-17(23)21(10)11-2-3-11/h4-5,11,15H,2-3,6-9H2,1H3,(H,19,23)/t15-/m0/s1. The van der Waals surface area contributed by atoms with Gasteiger partial charge in [0, 0.05) is 29.7 Å². The number of halogens is 1. The quantitative estimate of drug-likeness (QED) is 0.809. The number of hydrogen-bond acceptors (Lipinski definition) is 4. The van der Waals surface area contributed by atoms with E-state index in [1.807, 2.05) is 24.0 Å². The molecule has 8 heteroatoms. The van der Waals surface area contributed by atoms with Crippen molar-refractivity contribution >= 4 is 39.2 Å². The maximum atomic E-state index is 13.3. The lowest BCUT2D eigenvalue weighted by molar-refractivity contribution is -0.131. The summed E-state index contributed by atoms with van der Waals surface area (Å²) >= 11 is 5.02. The number of nitrogens with one attached hydrogen (secondary N) is 1. The summed E-state index contributed by atoms with van der Waals surface area (Å²) in [5.41, 5.74) is 1.47. The molecule has 1 aliphatic carbocycles. The molecule has 0 unspecified atom stereocenters. The second kappa shape index (κ2) is 6.74. The molecule has 2 aliphatic heterocycles. The van der Waals surface area contributed by atoms with E-state index in [4.69, 9.17) is 4.74 Å². The minimum Gasteiger partial charge on any atom is -0.378 e. The maximum Gasteiger partial charge on any atom is 0.322 e. The predicted octanol–water partition coefficient (Wildman–Crippen LogP) is 2.87. The summed E-state index contributed by atoms with van der Waals surface area (Å²) in [7, 11) is 0. The van der Waals surface area contributed by atoms with Crippen LogP contribution < -0.4 is 5.32 Å². The van der Waals surface area contributed by atoms with Crippen LogP contribution in [-0.4, -0.2) is 54.1 Å². The van der Waals surface area contributed by atoms with Gasteiger partial charge < -0.3 is 15.0 Å². The topological polar surface area (TPSA) is 61.9 Å². The largest absolute Gasteiger partial charge is 0.378 e. The molecule has 0 spiro atoms. The van der Waals surface area contributed by atoms with Gasteiger partial charge in [-0.2, -0.15) is 0 Å². The predicted molar refractivity (Wildman–Crippen MR) is 98.3 cm³/mol. The molecule has 1 saturated carbocycles. The molecular weight excluding hydrogens is 406 g/mol. The molecule has 1 atom stereocenters. The first-order valence-corrected chi connectivity index (χ1v) is 10.1. The van der Waals surface area contributed by atoms with Crippen LogP contribution in [0, 0.1) is 0 Å². The van der Waals surface area contributed by atoms with Gasteiger partial charge in [0.15, 0.2) is 0 Å².